The van der Waals surface area contributed by atoms with Crippen molar-refractivity contribution >= 4 is 22.9 Å². The number of pyridine rings is 1. The number of alkyl carbamates (subject to hydrolysis) is 1. The summed E-state index contributed by atoms with van der Waals surface area (Å²) in [5.41, 5.74) is 1.21. The topological polar surface area (TPSA) is 80.3 Å². The van der Waals surface area contributed by atoms with Gasteiger partial charge in [0.15, 0.2) is 0 Å². The highest BCUT2D eigenvalue weighted by Gasteiger charge is 2.15. The molecule has 0 aliphatic carbocycles. The minimum atomic E-state index is -0.520. The van der Waals surface area contributed by atoms with Gasteiger partial charge < -0.3 is 15.4 Å². The molecule has 0 aliphatic rings. The fraction of sp³-hybridized carbons (Fsp3) is 0.421. The zero-order valence-electron chi connectivity index (χ0n) is 15.0. The lowest BCUT2D eigenvalue weighted by atomic mass is 10.2. The Morgan fingerprint density at radius 2 is 1.84 bits per heavy atom. The number of rotatable bonds is 6. The summed E-state index contributed by atoms with van der Waals surface area (Å²) in [5, 5.41) is 6.55. The molecule has 1 heterocycles. The van der Waals surface area contributed by atoms with E-state index in [-0.39, 0.29) is 5.91 Å². The van der Waals surface area contributed by atoms with Crippen LogP contribution in [-0.4, -0.2) is 29.1 Å². The third-order valence-corrected chi connectivity index (χ3v) is 3.37. The molecule has 0 radical (unpaired) electrons. The number of hydrogen-bond acceptors (Lipinski definition) is 4. The van der Waals surface area contributed by atoms with Crippen molar-refractivity contribution in [3.05, 3.63) is 42.1 Å². The van der Waals surface area contributed by atoms with Crippen molar-refractivity contribution in [2.24, 2.45) is 0 Å². The quantitative estimate of drug-likeness (QED) is 0.790. The van der Waals surface area contributed by atoms with Crippen molar-refractivity contribution in [3.8, 4) is 0 Å². The summed E-state index contributed by atoms with van der Waals surface area (Å²) in [4.78, 5) is 27.9. The largest absolute Gasteiger partial charge is 0.444 e. The van der Waals surface area contributed by atoms with Crippen LogP contribution in [0.1, 0.15) is 39.3 Å². The number of amides is 2. The molecule has 2 rings (SSSR count). The zero-order chi connectivity index (χ0) is 18.3. The lowest BCUT2D eigenvalue weighted by Gasteiger charge is -2.19. The summed E-state index contributed by atoms with van der Waals surface area (Å²) in [7, 11) is 0. The Hall–Kier alpha value is -2.63. The minimum absolute atomic E-state index is 0.0686. The van der Waals surface area contributed by atoms with Gasteiger partial charge in [0, 0.05) is 18.4 Å². The molecule has 0 saturated carbocycles. The van der Waals surface area contributed by atoms with Crippen molar-refractivity contribution in [2.75, 3.05) is 6.54 Å². The third kappa shape index (κ3) is 6.79. The van der Waals surface area contributed by atoms with E-state index in [0.29, 0.717) is 25.9 Å². The third-order valence-electron chi connectivity index (χ3n) is 3.37. The summed E-state index contributed by atoms with van der Waals surface area (Å²) in [6, 6.07) is 11.8. The molecule has 0 aliphatic heterocycles. The number of ether oxygens (including phenoxy) is 1. The van der Waals surface area contributed by atoms with Gasteiger partial charge in [0.2, 0.25) is 5.91 Å². The molecule has 25 heavy (non-hydrogen) atoms. The molecule has 0 unspecified atom stereocenters. The SMILES string of the molecule is CC(C)(C)OC(=O)NCCCC(=O)NCc1ccc2ccccc2n1. The van der Waals surface area contributed by atoms with E-state index in [2.05, 4.69) is 15.6 Å². The van der Waals surface area contributed by atoms with E-state index < -0.39 is 11.7 Å². The van der Waals surface area contributed by atoms with Crippen LogP contribution in [0.25, 0.3) is 10.9 Å². The number of carbonyl (C=O) groups is 2. The summed E-state index contributed by atoms with van der Waals surface area (Å²) in [5.74, 6) is -0.0686. The number of para-hydroxylation sites is 1. The van der Waals surface area contributed by atoms with Crippen molar-refractivity contribution < 1.29 is 14.3 Å². The number of fused-ring (bicyclic) bond motifs is 1. The van der Waals surface area contributed by atoms with Crippen LogP contribution in [0, 0.1) is 0 Å². The molecule has 0 bridgehead atoms. The van der Waals surface area contributed by atoms with Gasteiger partial charge in [-0.3, -0.25) is 9.78 Å². The van der Waals surface area contributed by atoms with Crippen LogP contribution in [-0.2, 0) is 16.1 Å². The maximum absolute atomic E-state index is 11.9. The average molecular weight is 343 g/mol. The first-order valence-electron chi connectivity index (χ1n) is 8.42. The van der Waals surface area contributed by atoms with Gasteiger partial charge in [0.1, 0.15) is 5.60 Å². The molecule has 0 atom stereocenters. The minimum Gasteiger partial charge on any atom is -0.444 e. The number of hydrogen-bond donors (Lipinski definition) is 2. The second-order valence-electron chi connectivity index (χ2n) is 6.80. The van der Waals surface area contributed by atoms with Crippen LogP contribution in [0.15, 0.2) is 36.4 Å². The second kappa shape index (κ2) is 8.46. The van der Waals surface area contributed by atoms with Crippen LogP contribution in [0.2, 0.25) is 0 Å². The van der Waals surface area contributed by atoms with E-state index >= 15 is 0 Å². The summed E-state index contributed by atoms with van der Waals surface area (Å²) < 4.78 is 5.13. The Morgan fingerprint density at radius 3 is 2.60 bits per heavy atom. The van der Waals surface area contributed by atoms with Crippen molar-refractivity contribution in [2.45, 2.75) is 45.8 Å². The molecule has 6 nitrogen and oxygen atoms in total. The van der Waals surface area contributed by atoms with E-state index in [4.69, 9.17) is 4.74 Å². The van der Waals surface area contributed by atoms with E-state index in [1.54, 1.807) is 20.8 Å². The van der Waals surface area contributed by atoms with E-state index in [0.717, 1.165) is 16.6 Å². The Morgan fingerprint density at radius 1 is 1.08 bits per heavy atom. The fourth-order valence-corrected chi connectivity index (χ4v) is 2.24. The van der Waals surface area contributed by atoms with Crippen LogP contribution in [0.5, 0.6) is 0 Å². The highest BCUT2D eigenvalue weighted by atomic mass is 16.6. The first kappa shape index (κ1) is 18.7. The van der Waals surface area contributed by atoms with Gasteiger partial charge in [-0.2, -0.15) is 0 Å². The van der Waals surface area contributed by atoms with E-state index in [9.17, 15) is 9.59 Å². The van der Waals surface area contributed by atoms with Crippen molar-refractivity contribution in [1.82, 2.24) is 15.6 Å². The van der Waals surface area contributed by atoms with Gasteiger partial charge in [-0.25, -0.2) is 4.79 Å². The van der Waals surface area contributed by atoms with Crippen LogP contribution < -0.4 is 10.6 Å². The van der Waals surface area contributed by atoms with Gasteiger partial charge in [-0.15, -0.1) is 0 Å². The molecular weight excluding hydrogens is 318 g/mol. The molecule has 0 saturated heterocycles. The molecule has 2 amide bonds. The summed E-state index contributed by atoms with van der Waals surface area (Å²) in [6.45, 7) is 6.21. The number of benzene rings is 1. The van der Waals surface area contributed by atoms with Crippen molar-refractivity contribution in [3.63, 3.8) is 0 Å². The van der Waals surface area contributed by atoms with E-state index in [1.807, 2.05) is 36.4 Å². The maximum atomic E-state index is 11.9. The van der Waals surface area contributed by atoms with Crippen molar-refractivity contribution in [1.29, 1.82) is 0 Å². The lowest BCUT2D eigenvalue weighted by Crippen LogP contribution is -2.33. The predicted molar refractivity (Wildman–Crippen MR) is 97.1 cm³/mol. The maximum Gasteiger partial charge on any atom is 0.407 e. The summed E-state index contributed by atoms with van der Waals surface area (Å²) in [6.07, 6.45) is 0.424. The van der Waals surface area contributed by atoms with E-state index in [1.165, 1.54) is 0 Å². The first-order chi connectivity index (χ1) is 11.8. The molecular formula is C19H25N3O3. The predicted octanol–water partition coefficient (Wildman–Crippen LogP) is 3.16. The molecule has 134 valence electrons. The van der Waals surface area contributed by atoms with Gasteiger partial charge in [-0.1, -0.05) is 24.3 Å². The van der Waals surface area contributed by atoms with Gasteiger partial charge in [-0.05, 0) is 39.3 Å². The molecule has 2 N–H and O–H groups in total. The van der Waals surface area contributed by atoms with Crippen LogP contribution >= 0.6 is 0 Å². The number of aromatic nitrogens is 1. The molecule has 1 aromatic heterocycles. The first-order valence-corrected chi connectivity index (χ1v) is 8.42. The highest BCUT2D eigenvalue weighted by Crippen LogP contribution is 2.11. The highest BCUT2D eigenvalue weighted by molar-refractivity contribution is 5.79. The van der Waals surface area contributed by atoms with Gasteiger partial charge in [0.25, 0.3) is 0 Å². The Balaban J connectivity index is 1.67. The fourth-order valence-electron chi connectivity index (χ4n) is 2.24. The monoisotopic (exact) mass is 343 g/mol. The molecule has 0 spiro atoms. The second-order valence-corrected chi connectivity index (χ2v) is 6.80. The van der Waals surface area contributed by atoms with Gasteiger partial charge in [0.05, 0.1) is 17.8 Å². The summed E-state index contributed by atoms with van der Waals surface area (Å²) >= 11 is 0. The standard InChI is InChI=1S/C19H25N3O3/c1-19(2,3)25-18(24)20-12-6-9-17(23)21-13-15-11-10-14-7-4-5-8-16(14)22-15/h4-5,7-8,10-11H,6,9,12-13H2,1-3H3,(H,20,24)(H,21,23). The smallest absolute Gasteiger partial charge is 0.407 e. The van der Waals surface area contributed by atoms with Crippen LogP contribution in [0.4, 0.5) is 4.79 Å². The Kier molecular flexibility index (Phi) is 6.33. The normalized spacial score (nSPS) is 11.2. The molecule has 1 aromatic carbocycles. The number of carbonyl (C=O) groups excluding carboxylic acids is 2. The number of nitrogens with zero attached hydrogens (tertiary/aromatic N) is 1. The molecule has 6 heteroatoms. The molecule has 0 fully saturated rings. The molecule has 2 aromatic rings. The Bertz CT molecular complexity index is 738. The van der Waals surface area contributed by atoms with Crippen LogP contribution in [0.3, 0.4) is 0 Å². The number of nitrogens with one attached hydrogen (secondary N) is 2. The van der Waals surface area contributed by atoms with Gasteiger partial charge >= 0.3 is 6.09 Å². The zero-order valence-corrected chi connectivity index (χ0v) is 15.0. The Labute approximate surface area is 148 Å². The average Bonchev–Trinajstić information content (AvgIpc) is 2.55. The lowest BCUT2D eigenvalue weighted by molar-refractivity contribution is -0.121.